The Morgan fingerprint density at radius 1 is 1.50 bits per heavy atom. The highest BCUT2D eigenvalue weighted by molar-refractivity contribution is 5.76. The molecule has 1 rings (SSSR count). The zero-order valence-corrected chi connectivity index (χ0v) is 7.62. The number of aliphatic hydroxyl groups excluding tert-OH is 1. The van der Waals surface area contributed by atoms with E-state index in [-0.39, 0.29) is 12.5 Å². The van der Waals surface area contributed by atoms with E-state index in [1.54, 1.807) is 0 Å². The van der Waals surface area contributed by atoms with Gasteiger partial charge in [-0.2, -0.15) is 0 Å². The summed E-state index contributed by atoms with van der Waals surface area (Å²) in [6.45, 7) is 0.195. The fraction of sp³-hybridized carbons (Fsp3) is 0.889. The number of carbonyl (C=O) groups excluding carboxylic acids is 1. The molecule has 0 radical (unpaired) electrons. The third-order valence-corrected chi connectivity index (χ3v) is 2.29. The third-order valence-electron chi connectivity index (χ3n) is 2.29. The predicted octanol–water partition coefficient (Wildman–Crippen LogP) is 0.770. The summed E-state index contributed by atoms with van der Waals surface area (Å²) in [6.07, 6.45) is 4.48. The number of hydrogen-bond acceptors (Lipinski definition) is 2. The lowest BCUT2D eigenvalue weighted by Gasteiger charge is -2.15. The molecule has 1 saturated carbocycles. The Hall–Kier alpha value is -0.570. The van der Waals surface area contributed by atoms with Crippen LogP contribution < -0.4 is 0 Å². The quantitative estimate of drug-likeness (QED) is 0.621. The summed E-state index contributed by atoms with van der Waals surface area (Å²) in [4.78, 5) is 13.2. The van der Waals surface area contributed by atoms with Crippen LogP contribution in [0.3, 0.4) is 0 Å². The zero-order chi connectivity index (χ0) is 8.97. The maximum absolute atomic E-state index is 11.3. The van der Waals surface area contributed by atoms with Gasteiger partial charge in [-0.05, 0) is 25.7 Å². The Labute approximate surface area is 73.4 Å². The highest BCUT2D eigenvalue weighted by atomic mass is 16.2. The number of aliphatic hydroxyl groups is 1. The number of unbranched alkanes of at least 4 members (excludes halogenated alkanes) is 1. The summed E-state index contributed by atoms with van der Waals surface area (Å²) >= 11 is 0. The van der Waals surface area contributed by atoms with Crippen LogP contribution in [-0.2, 0) is 4.79 Å². The third kappa shape index (κ3) is 2.81. The summed E-state index contributed by atoms with van der Waals surface area (Å²) in [5.74, 6) is 0.228. The fourth-order valence-corrected chi connectivity index (χ4v) is 1.23. The smallest absolute Gasteiger partial charge is 0.222 e. The largest absolute Gasteiger partial charge is 0.396 e. The lowest BCUT2D eigenvalue weighted by Crippen LogP contribution is -2.28. The van der Waals surface area contributed by atoms with E-state index in [1.165, 1.54) is 12.8 Å². The number of nitrogens with zero attached hydrogens (tertiary/aromatic N) is 1. The first kappa shape index (κ1) is 9.52. The van der Waals surface area contributed by atoms with Gasteiger partial charge in [-0.25, -0.2) is 0 Å². The van der Waals surface area contributed by atoms with Crippen molar-refractivity contribution in [1.29, 1.82) is 0 Å². The molecule has 1 amide bonds. The molecule has 0 atom stereocenters. The topological polar surface area (TPSA) is 40.5 Å². The molecular weight excluding hydrogens is 154 g/mol. The van der Waals surface area contributed by atoms with E-state index in [2.05, 4.69) is 0 Å². The summed E-state index contributed by atoms with van der Waals surface area (Å²) < 4.78 is 0. The van der Waals surface area contributed by atoms with E-state index >= 15 is 0 Å². The van der Waals surface area contributed by atoms with Gasteiger partial charge in [-0.1, -0.05) is 0 Å². The first-order valence-electron chi connectivity index (χ1n) is 4.62. The highest BCUT2D eigenvalue weighted by Crippen LogP contribution is 2.25. The molecule has 0 aliphatic heterocycles. The van der Waals surface area contributed by atoms with E-state index < -0.39 is 0 Å². The summed E-state index contributed by atoms with van der Waals surface area (Å²) in [7, 11) is 1.87. The molecule has 0 aromatic heterocycles. The molecule has 0 aromatic carbocycles. The van der Waals surface area contributed by atoms with E-state index in [0.717, 1.165) is 12.8 Å². The molecule has 0 heterocycles. The molecule has 1 fully saturated rings. The van der Waals surface area contributed by atoms with Gasteiger partial charge < -0.3 is 10.0 Å². The fourth-order valence-electron chi connectivity index (χ4n) is 1.23. The van der Waals surface area contributed by atoms with Gasteiger partial charge in [-0.15, -0.1) is 0 Å². The molecule has 1 aliphatic carbocycles. The van der Waals surface area contributed by atoms with Gasteiger partial charge in [0.25, 0.3) is 0 Å². The summed E-state index contributed by atoms with van der Waals surface area (Å²) in [5.41, 5.74) is 0. The lowest BCUT2D eigenvalue weighted by atomic mass is 10.2. The first-order chi connectivity index (χ1) is 5.75. The second-order valence-corrected chi connectivity index (χ2v) is 3.42. The van der Waals surface area contributed by atoms with Crippen LogP contribution in [0.4, 0.5) is 0 Å². The van der Waals surface area contributed by atoms with E-state index in [9.17, 15) is 4.79 Å². The molecule has 3 nitrogen and oxygen atoms in total. The van der Waals surface area contributed by atoms with Crippen LogP contribution in [0, 0.1) is 0 Å². The summed E-state index contributed by atoms with van der Waals surface area (Å²) in [6, 6.07) is 0.520. The van der Waals surface area contributed by atoms with Crippen molar-refractivity contribution in [3.63, 3.8) is 0 Å². The minimum absolute atomic E-state index is 0.195. The van der Waals surface area contributed by atoms with Crippen molar-refractivity contribution in [2.45, 2.75) is 38.1 Å². The Kier molecular flexibility index (Phi) is 3.53. The summed E-state index contributed by atoms with van der Waals surface area (Å²) in [5, 5.41) is 8.51. The Bertz CT molecular complexity index is 155. The zero-order valence-electron chi connectivity index (χ0n) is 7.62. The Balaban J connectivity index is 2.09. The van der Waals surface area contributed by atoms with Crippen molar-refractivity contribution in [2.75, 3.05) is 13.7 Å². The average molecular weight is 171 g/mol. The molecule has 12 heavy (non-hydrogen) atoms. The molecule has 1 N–H and O–H groups in total. The SMILES string of the molecule is CN(C(=O)CCCCO)C1CC1. The minimum atomic E-state index is 0.195. The van der Waals surface area contributed by atoms with Gasteiger partial charge in [-0.3, -0.25) is 4.79 Å². The molecule has 3 heteroatoms. The van der Waals surface area contributed by atoms with E-state index in [0.29, 0.717) is 12.5 Å². The van der Waals surface area contributed by atoms with Crippen molar-refractivity contribution in [3.05, 3.63) is 0 Å². The highest BCUT2D eigenvalue weighted by Gasteiger charge is 2.28. The second kappa shape index (κ2) is 4.45. The van der Waals surface area contributed by atoms with Gasteiger partial charge in [0.2, 0.25) is 5.91 Å². The van der Waals surface area contributed by atoms with Gasteiger partial charge >= 0.3 is 0 Å². The number of rotatable bonds is 5. The molecule has 0 bridgehead atoms. The van der Waals surface area contributed by atoms with Gasteiger partial charge in [0.1, 0.15) is 0 Å². The number of hydrogen-bond donors (Lipinski definition) is 1. The van der Waals surface area contributed by atoms with Crippen LogP contribution in [0.1, 0.15) is 32.1 Å². The van der Waals surface area contributed by atoms with Crippen molar-refractivity contribution >= 4 is 5.91 Å². The van der Waals surface area contributed by atoms with Crippen molar-refractivity contribution in [3.8, 4) is 0 Å². The van der Waals surface area contributed by atoms with Gasteiger partial charge in [0, 0.05) is 26.1 Å². The lowest BCUT2D eigenvalue weighted by molar-refractivity contribution is -0.130. The van der Waals surface area contributed by atoms with Crippen LogP contribution >= 0.6 is 0 Å². The van der Waals surface area contributed by atoms with Crippen LogP contribution in [-0.4, -0.2) is 35.6 Å². The normalized spacial score (nSPS) is 16.2. The van der Waals surface area contributed by atoms with Gasteiger partial charge in [0.15, 0.2) is 0 Å². The van der Waals surface area contributed by atoms with E-state index in [4.69, 9.17) is 5.11 Å². The molecular formula is C9H17NO2. The monoisotopic (exact) mass is 171 g/mol. The van der Waals surface area contributed by atoms with Crippen molar-refractivity contribution < 1.29 is 9.90 Å². The minimum Gasteiger partial charge on any atom is -0.396 e. The molecule has 1 aliphatic rings. The number of carbonyl (C=O) groups is 1. The Morgan fingerprint density at radius 2 is 2.17 bits per heavy atom. The van der Waals surface area contributed by atoms with Gasteiger partial charge in [0.05, 0.1) is 0 Å². The molecule has 0 aromatic rings. The average Bonchev–Trinajstić information content (AvgIpc) is 2.86. The van der Waals surface area contributed by atoms with Crippen molar-refractivity contribution in [1.82, 2.24) is 4.90 Å². The van der Waals surface area contributed by atoms with Crippen LogP contribution in [0.2, 0.25) is 0 Å². The first-order valence-corrected chi connectivity index (χ1v) is 4.62. The van der Waals surface area contributed by atoms with Crippen LogP contribution in [0.15, 0.2) is 0 Å². The molecule has 0 unspecified atom stereocenters. The molecule has 0 spiro atoms. The number of amides is 1. The maximum Gasteiger partial charge on any atom is 0.222 e. The second-order valence-electron chi connectivity index (χ2n) is 3.42. The molecule has 0 saturated heterocycles. The molecule has 70 valence electrons. The van der Waals surface area contributed by atoms with Crippen LogP contribution in [0.25, 0.3) is 0 Å². The van der Waals surface area contributed by atoms with E-state index in [1.807, 2.05) is 11.9 Å². The Morgan fingerprint density at radius 3 is 2.67 bits per heavy atom. The maximum atomic E-state index is 11.3. The van der Waals surface area contributed by atoms with Crippen LogP contribution in [0.5, 0.6) is 0 Å². The predicted molar refractivity (Wildman–Crippen MR) is 46.7 cm³/mol. The standard InChI is InChI=1S/C9H17NO2/c1-10(8-5-6-8)9(12)4-2-3-7-11/h8,11H,2-7H2,1H3. The van der Waals surface area contributed by atoms with Crippen molar-refractivity contribution in [2.24, 2.45) is 0 Å².